The van der Waals surface area contributed by atoms with Gasteiger partial charge in [-0.1, -0.05) is 6.92 Å². The molecule has 22 heavy (non-hydrogen) atoms. The highest BCUT2D eigenvalue weighted by Crippen LogP contribution is 2.17. The molecule has 7 nitrogen and oxygen atoms in total. The molecule has 2 rings (SSSR count). The van der Waals surface area contributed by atoms with Crippen molar-refractivity contribution in [3.63, 3.8) is 0 Å². The highest BCUT2D eigenvalue weighted by atomic mass is 35.5. The van der Waals surface area contributed by atoms with E-state index in [0.717, 1.165) is 6.54 Å². The Morgan fingerprint density at radius 2 is 1.73 bits per heavy atom. The van der Waals surface area contributed by atoms with E-state index >= 15 is 0 Å². The lowest BCUT2D eigenvalue weighted by Gasteiger charge is -2.07. The van der Waals surface area contributed by atoms with Crippen LogP contribution in [-0.2, 0) is 24.1 Å². The average Bonchev–Trinajstić information content (AvgIpc) is 2.68. The van der Waals surface area contributed by atoms with E-state index in [-0.39, 0.29) is 23.0 Å². The van der Waals surface area contributed by atoms with Gasteiger partial charge in [-0.25, -0.2) is 17.9 Å². The van der Waals surface area contributed by atoms with Crippen molar-refractivity contribution in [2.45, 2.75) is 11.8 Å². The molecule has 124 valence electrons. The third-order valence-electron chi connectivity index (χ3n) is 3.40. The summed E-state index contributed by atoms with van der Waals surface area (Å²) in [6.45, 7) is 3.64. The van der Waals surface area contributed by atoms with Gasteiger partial charge in [-0.3, -0.25) is 9.13 Å². The Balaban J connectivity index is 0.00000242. The monoisotopic (exact) mass is 348 g/mol. The second-order valence-corrected chi connectivity index (χ2v) is 6.57. The van der Waals surface area contributed by atoms with E-state index in [0.29, 0.717) is 24.1 Å². The summed E-state index contributed by atoms with van der Waals surface area (Å²) in [6.07, 6.45) is 0. The van der Waals surface area contributed by atoms with Crippen molar-refractivity contribution in [1.29, 1.82) is 0 Å². The fraction of sp³-hybridized carbons (Fsp3) is 0.462. The molecule has 0 aliphatic heterocycles. The van der Waals surface area contributed by atoms with Crippen molar-refractivity contribution in [3.8, 4) is 0 Å². The van der Waals surface area contributed by atoms with Crippen LogP contribution in [0, 0.1) is 0 Å². The number of sulfonamides is 1. The largest absolute Gasteiger partial charge is 0.328 e. The number of nitrogens with one attached hydrogen (secondary N) is 2. The van der Waals surface area contributed by atoms with Crippen LogP contribution in [-0.4, -0.2) is 37.2 Å². The Morgan fingerprint density at radius 1 is 1.09 bits per heavy atom. The molecule has 2 aromatic rings. The number of imidazole rings is 1. The quantitative estimate of drug-likeness (QED) is 0.730. The summed E-state index contributed by atoms with van der Waals surface area (Å²) in [7, 11) is -0.282. The lowest BCUT2D eigenvalue weighted by Crippen LogP contribution is -2.31. The molecule has 0 aliphatic rings. The minimum atomic E-state index is -3.57. The van der Waals surface area contributed by atoms with Crippen molar-refractivity contribution < 1.29 is 8.42 Å². The average molecular weight is 349 g/mol. The van der Waals surface area contributed by atoms with Crippen LogP contribution in [0.1, 0.15) is 6.92 Å². The number of aromatic nitrogens is 2. The number of nitrogens with zero attached hydrogens (tertiary/aromatic N) is 2. The minimum Gasteiger partial charge on any atom is -0.316 e. The van der Waals surface area contributed by atoms with E-state index < -0.39 is 10.0 Å². The molecule has 9 heteroatoms. The first kappa shape index (κ1) is 18.7. The Kier molecular flexibility index (Phi) is 6.18. The summed E-state index contributed by atoms with van der Waals surface area (Å²) in [5.41, 5.74) is 1.12. The first-order chi connectivity index (χ1) is 9.88. The van der Waals surface area contributed by atoms with Gasteiger partial charge in [-0.15, -0.1) is 12.4 Å². The Labute approximate surface area is 135 Å². The Bertz CT molecular complexity index is 811. The molecule has 0 saturated carbocycles. The number of aryl methyl sites for hydroxylation is 2. The van der Waals surface area contributed by atoms with Crippen LogP contribution in [0.4, 0.5) is 0 Å². The van der Waals surface area contributed by atoms with Gasteiger partial charge in [0.2, 0.25) is 10.0 Å². The maximum Gasteiger partial charge on any atom is 0.328 e. The molecule has 0 unspecified atom stereocenters. The molecule has 0 atom stereocenters. The maximum atomic E-state index is 12.2. The highest BCUT2D eigenvalue weighted by Gasteiger charge is 2.16. The zero-order chi connectivity index (χ0) is 15.6. The van der Waals surface area contributed by atoms with Gasteiger partial charge >= 0.3 is 5.69 Å². The molecule has 0 aliphatic carbocycles. The fourth-order valence-electron chi connectivity index (χ4n) is 2.19. The summed E-state index contributed by atoms with van der Waals surface area (Å²) < 4.78 is 29.9. The number of halogens is 1. The number of benzene rings is 1. The zero-order valence-electron chi connectivity index (χ0n) is 12.8. The smallest absolute Gasteiger partial charge is 0.316 e. The van der Waals surface area contributed by atoms with Crippen molar-refractivity contribution >= 4 is 33.5 Å². The predicted molar refractivity (Wildman–Crippen MR) is 89.1 cm³/mol. The molecule has 0 bridgehead atoms. The number of hydrogen-bond donors (Lipinski definition) is 2. The maximum absolute atomic E-state index is 12.2. The van der Waals surface area contributed by atoms with E-state index in [1.165, 1.54) is 21.3 Å². The normalized spacial score (nSPS) is 11.6. The van der Waals surface area contributed by atoms with Crippen molar-refractivity contribution in [1.82, 2.24) is 19.2 Å². The van der Waals surface area contributed by atoms with Crippen LogP contribution in [0.2, 0.25) is 0 Å². The summed E-state index contributed by atoms with van der Waals surface area (Å²) in [5, 5.41) is 3.05. The lowest BCUT2D eigenvalue weighted by atomic mass is 10.3. The molecular weight excluding hydrogens is 328 g/mol. The molecule has 0 spiro atoms. The van der Waals surface area contributed by atoms with E-state index in [1.807, 2.05) is 6.92 Å². The number of hydrogen-bond acceptors (Lipinski definition) is 4. The van der Waals surface area contributed by atoms with Gasteiger partial charge < -0.3 is 5.32 Å². The van der Waals surface area contributed by atoms with E-state index in [2.05, 4.69) is 10.0 Å². The van der Waals surface area contributed by atoms with Crippen molar-refractivity contribution in [2.75, 3.05) is 19.6 Å². The lowest BCUT2D eigenvalue weighted by molar-refractivity contribution is 0.577. The molecule has 1 aromatic carbocycles. The van der Waals surface area contributed by atoms with Crippen LogP contribution in [0.15, 0.2) is 27.9 Å². The Morgan fingerprint density at radius 3 is 2.36 bits per heavy atom. The highest BCUT2D eigenvalue weighted by molar-refractivity contribution is 7.89. The molecule has 1 aromatic heterocycles. The van der Waals surface area contributed by atoms with Gasteiger partial charge in [0.05, 0.1) is 15.9 Å². The third-order valence-corrected chi connectivity index (χ3v) is 4.86. The first-order valence-corrected chi connectivity index (χ1v) is 8.22. The summed E-state index contributed by atoms with van der Waals surface area (Å²) in [6, 6.07) is 4.68. The zero-order valence-corrected chi connectivity index (χ0v) is 14.4. The summed E-state index contributed by atoms with van der Waals surface area (Å²) in [5.74, 6) is 0. The second kappa shape index (κ2) is 7.28. The van der Waals surface area contributed by atoms with Crippen LogP contribution >= 0.6 is 12.4 Å². The van der Waals surface area contributed by atoms with Gasteiger partial charge in [0.15, 0.2) is 0 Å². The van der Waals surface area contributed by atoms with Gasteiger partial charge in [0.25, 0.3) is 0 Å². The van der Waals surface area contributed by atoms with E-state index in [1.54, 1.807) is 20.2 Å². The van der Waals surface area contributed by atoms with Gasteiger partial charge in [-0.2, -0.15) is 0 Å². The number of likely N-dealkylation sites (N-methyl/N-ethyl adjacent to an activating group) is 1. The van der Waals surface area contributed by atoms with Crippen LogP contribution in [0.5, 0.6) is 0 Å². The standard InChI is InChI=1S/C13H20N4O3S.ClH/c1-4-14-7-8-15-21(19,20)10-5-6-11-12(9-10)17(3)13(18)16(11)2;/h5-6,9,14-15H,4,7-8H2,1-3H3;1H. The van der Waals surface area contributed by atoms with Crippen molar-refractivity contribution in [2.24, 2.45) is 14.1 Å². The number of fused-ring (bicyclic) bond motifs is 1. The van der Waals surface area contributed by atoms with Crippen LogP contribution in [0.3, 0.4) is 0 Å². The Hall–Kier alpha value is -1.35. The van der Waals surface area contributed by atoms with Gasteiger partial charge in [0, 0.05) is 27.2 Å². The summed E-state index contributed by atoms with van der Waals surface area (Å²) >= 11 is 0. The molecule has 0 amide bonds. The second-order valence-electron chi connectivity index (χ2n) is 4.80. The number of rotatable bonds is 6. The van der Waals surface area contributed by atoms with Crippen LogP contribution in [0.25, 0.3) is 11.0 Å². The third kappa shape index (κ3) is 3.52. The van der Waals surface area contributed by atoms with E-state index in [4.69, 9.17) is 0 Å². The molecule has 0 radical (unpaired) electrons. The first-order valence-electron chi connectivity index (χ1n) is 6.74. The minimum absolute atomic E-state index is 0. The van der Waals surface area contributed by atoms with E-state index in [9.17, 15) is 13.2 Å². The predicted octanol–water partition coefficient (Wildman–Crippen LogP) is 0.187. The molecule has 0 fully saturated rings. The fourth-order valence-corrected chi connectivity index (χ4v) is 3.24. The molecular formula is C13H21ClN4O3S. The SMILES string of the molecule is CCNCCNS(=O)(=O)c1ccc2c(c1)n(C)c(=O)n2C.Cl. The summed E-state index contributed by atoms with van der Waals surface area (Å²) in [4.78, 5) is 12.0. The molecule has 2 N–H and O–H groups in total. The van der Waals surface area contributed by atoms with Crippen molar-refractivity contribution in [3.05, 3.63) is 28.7 Å². The molecule has 1 heterocycles. The molecule has 0 saturated heterocycles. The van der Waals surface area contributed by atoms with Crippen LogP contribution < -0.4 is 15.7 Å². The van der Waals surface area contributed by atoms with Gasteiger partial charge in [0.1, 0.15) is 0 Å². The topological polar surface area (TPSA) is 85.1 Å². The van der Waals surface area contributed by atoms with Gasteiger partial charge in [-0.05, 0) is 24.7 Å².